The lowest BCUT2D eigenvalue weighted by Gasteiger charge is -2.03. The van der Waals surface area contributed by atoms with Crippen molar-refractivity contribution < 1.29 is 13.9 Å². The number of carbonyl (C=O) groups is 1. The first-order valence-electron chi connectivity index (χ1n) is 5.94. The van der Waals surface area contributed by atoms with Gasteiger partial charge in [-0.25, -0.2) is 4.39 Å². The molecule has 0 aliphatic heterocycles. The number of rotatable bonds is 5. The van der Waals surface area contributed by atoms with Gasteiger partial charge in [-0.3, -0.25) is 9.79 Å². The molecule has 2 aromatic rings. The Morgan fingerprint density at radius 1 is 1.15 bits per heavy atom. The zero-order valence-electron chi connectivity index (χ0n) is 10.6. The lowest BCUT2D eigenvalue weighted by Crippen LogP contribution is -2.19. The van der Waals surface area contributed by atoms with Crippen molar-refractivity contribution >= 4 is 17.8 Å². The van der Waals surface area contributed by atoms with Gasteiger partial charge in [0.05, 0.1) is 5.69 Å². The summed E-state index contributed by atoms with van der Waals surface area (Å²) in [4.78, 5) is 14.8. The maximum Gasteiger partial charge on any atom is 0.255 e. The minimum atomic E-state index is -0.521. The summed E-state index contributed by atoms with van der Waals surface area (Å²) in [5.74, 6) is -0.255. The second-order valence-corrected chi connectivity index (χ2v) is 4.06. The number of halogens is 1. The van der Waals surface area contributed by atoms with Gasteiger partial charge in [0.15, 0.2) is 6.61 Å². The van der Waals surface area contributed by atoms with Crippen LogP contribution in [-0.4, -0.2) is 18.7 Å². The van der Waals surface area contributed by atoms with Gasteiger partial charge in [0.1, 0.15) is 11.6 Å². The standard InChI is InChI=1S/C15H13FN2O2/c16-12-3-5-13(6-4-12)18-9-11-1-7-14(8-2-11)20-10-15(17)19/h1-9H,10H2,(H2,17,19). The van der Waals surface area contributed by atoms with Gasteiger partial charge in [-0.15, -0.1) is 0 Å². The van der Waals surface area contributed by atoms with Crippen LogP contribution >= 0.6 is 0 Å². The number of nitrogens with two attached hydrogens (primary N) is 1. The molecule has 0 aromatic heterocycles. The molecule has 0 aliphatic carbocycles. The van der Waals surface area contributed by atoms with Crippen molar-refractivity contribution in [2.75, 3.05) is 6.61 Å². The molecule has 0 spiro atoms. The van der Waals surface area contributed by atoms with Gasteiger partial charge < -0.3 is 10.5 Å². The number of carbonyl (C=O) groups excluding carboxylic acids is 1. The van der Waals surface area contributed by atoms with E-state index in [0.29, 0.717) is 11.4 Å². The lowest BCUT2D eigenvalue weighted by atomic mass is 10.2. The molecule has 0 fully saturated rings. The van der Waals surface area contributed by atoms with Crippen LogP contribution in [-0.2, 0) is 4.79 Å². The fraction of sp³-hybridized carbons (Fsp3) is 0.0667. The van der Waals surface area contributed by atoms with Crippen LogP contribution in [0.5, 0.6) is 5.75 Å². The monoisotopic (exact) mass is 272 g/mol. The van der Waals surface area contributed by atoms with E-state index in [0.717, 1.165) is 5.56 Å². The van der Waals surface area contributed by atoms with E-state index in [1.54, 1.807) is 42.6 Å². The predicted octanol–water partition coefficient (Wildman–Crippen LogP) is 2.44. The molecule has 102 valence electrons. The molecule has 0 bridgehead atoms. The normalized spacial score (nSPS) is 10.7. The van der Waals surface area contributed by atoms with E-state index >= 15 is 0 Å². The number of ether oxygens (including phenoxy) is 1. The van der Waals surface area contributed by atoms with Crippen molar-refractivity contribution in [3.63, 3.8) is 0 Å². The fourth-order valence-corrected chi connectivity index (χ4v) is 1.48. The van der Waals surface area contributed by atoms with Gasteiger partial charge in [0, 0.05) is 6.21 Å². The first-order valence-corrected chi connectivity index (χ1v) is 5.94. The van der Waals surface area contributed by atoms with Crippen LogP contribution < -0.4 is 10.5 Å². The van der Waals surface area contributed by atoms with Gasteiger partial charge in [-0.2, -0.15) is 0 Å². The molecule has 4 nitrogen and oxygen atoms in total. The number of aliphatic imine (C=N–C) groups is 1. The van der Waals surface area contributed by atoms with Crippen molar-refractivity contribution in [2.45, 2.75) is 0 Å². The zero-order chi connectivity index (χ0) is 14.4. The Kier molecular flexibility index (Phi) is 4.44. The first-order chi connectivity index (χ1) is 9.63. The van der Waals surface area contributed by atoms with Crippen LogP contribution in [0.4, 0.5) is 10.1 Å². The van der Waals surface area contributed by atoms with Gasteiger partial charge in [-0.05, 0) is 54.1 Å². The highest BCUT2D eigenvalue weighted by molar-refractivity contribution is 5.82. The van der Waals surface area contributed by atoms with E-state index in [9.17, 15) is 9.18 Å². The largest absolute Gasteiger partial charge is 0.484 e. The highest BCUT2D eigenvalue weighted by atomic mass is 19.1. The Morgan fingerprint density at radius 3 is 2.40 bits per heavy atom. The first kappa shape index (κ1) is 13.7. The van der Waals surface area contributed by atoms with E-state index in [4.69, 9.17) is 10.5 Å². The van der Waals surface area contributed by atoms with Crippen molar-refractivity contribution in [2.24, 2.45) is 10.7 Å². The molecule has 0 heterocycles. The SMILES string of the molecule is NC(=O)COc1ccc(C=Nc2ccc(F)cc2)cc1. The molecule has 0 aliphatic rings. The Hall–Kier alpha value is -2.69. The van der Waals surface area contributed by atoms with Crippen molar-refractivity contribution in [1.82, 2.24) is 0 Å². The second-order valence-electron chi connectivity index (χ2n) is 4.06. The number of nitrogens with zero attached hydrogens (tertiary/aromatic N) is 1. The summed E-state index contributed by atoms with van der Waals surface area (Å²) in [7, 11) is 0. The van der Waals surface area contributed by atoms with E-state index in [1.165, 1.54) is 12.1 Å². The van der Waals surface area contributed by atoms with E-state index < -0.39 is 5.91 Å². The summed E-state index contributed by atoms with van der Waals surface area (Å²) in [6.07, 6.45) is 1.66. The van der Waals surface area contributed by atoms with E-state index in [-0.39, 0.29) is 12.4 Å². The van der Waals surface area contributed by atoms with E-state index in [2.05, 4.69) is 4.99 Å². The van der Waals surface area contributed by atoms with Gasteiger partial charge in [-0.1, -0.05) is 0 Å². The third-order valence-electron chi connectivity index (χ3n) is 2.45. The summed E-state index contributed by atoms with van der Waals surface area (Å²) in [5.41, 5.74) is 6.51. The summed E-state index contributed by atoms with van der Waals surface area (Å²) in [5, 5.41) is 0. The Bertz CT molecular complexity index is 607. The highest BCUT2D eigenvalue weighted by Crippen LogP contribution is 2.14. The van der Waals surface area contributed by atoms with Crippen LogP contribution in [0.15, 0.2) is 53.5 Å². The number of primary amides is 1. The maximum absolute atomic E-state index is 12.7. The summed E-state index contributed by atoms with van der Waals surface area (Å²) >= 11 is 0. The molecule has 0 saturated carbocycles. The van der Waals surface area contributed by atoms with Crippen molar-refractivity contribution in [3.8, 4) is 5.75 Å². The molecule has 2 aromatic carbocycles. The topological polar surface area (TPSA) is 64.7 Å². The van der Waals surface area contributed by atoms with Crippen molar-refractivity contribution in [3.05, 3.63) is 59.9 Å². The summed E-state index contributed by atoms with van der Waals surface area (Å²) in [6.45, 7) is -0.150. The quantitative estimate of drug-likeness (QED) is 0.850. The second kappa shape index (κ2) is 6.47. The summed E-state index contributed by atoms with van der Waals surface area (Å²) < 4.78 is 17.9. The molecule has 0 unspecified atom stereocenters. The summed E-state index contributed by atoms with van der Waals surface area (Å²) in [6, 6.07) is 12.9. The lowest BCUT2D eigenvalue weighted by molar-refractivity contribution is -0.119. The Balaban J connectivity index is 1.99. The molecule has 0 saturated heterocycles. The van der Waals surface area contributed by atoms with Crippen LogP contribution in [0.1, 0.15) is 5.56 Å². The Morgan fingerprint density at radius 2 is 1.80 bits per heavy atom. The van der Waals surface area contributed by atoms with Crippen LogP contribution in [0.25, 0.3) is 0 Å². The molecule has 0 radical (unpaired) electrons. The van der Waals surface area contributed by atoms with Crippen molar-refractivity contribution in [1.29, 1.82) is 0 Å². The highest BCUT2D eigenvalue weighted by Gasteiger charge is 1.97. The molecule has 2 rings (SSSR count). The number of hydrogen-bond acceptors (Lipinski definition) is 3. The third kappa shape index (κ3) is 4.20. The third-order valence-corrected chi connectivity index (χ3v) is 2.45. The van der Waals surface area contributed by atoms with Crippen LogP contribution in [0.2, 0.25) is 0 Å². The predicted molar refractivity (Wildman–Crippen MR) is 74.8 cm³/mol. The fourth-order valence-electron chi connectivity index (χ4n) is 1.48. The molecule has 0 atom stereocenters. The number of hydrogen-bond donors (Lipinski definition) is 1. The van der Waals surface area contributed by atoms with Gasteiger partial charge in [0.25, 0.3) is 5.91 Å². The smallest absolute Gasteiger partial charge is 0.255 e. The van der Waals surface area contributed by atoms with Gasteiger partial charge in [0.2, 0.25) is 0 Å². The molecule has 20 heavy (non-hydrogen) atoms. The minimum absolute atomic E-state index is 0.150. The number of amides is 1. The Labute approximate surface area is 115 Å². The van der Waals surface area contributed by atoms with Gasteiger partial charge >= 0.3 is 0 Å². The maximum atomic E-state index is 12.7. The molecule has 1 amide bonds. The number of benzene rings is 2. The molecular weight excluding hydrogens is 259 g/mol. The van der Waals surface area contributed by atoms with Crippen LogP contribution in [0, 0.1) is 5.82 Å². The minimum Gasteiger partial charge on any atom is -0.484 e. The average molecular weight is 272 g/mol. The zero-order valence-corrected chi connectivity index (χ0v) is 10.6. The molecule has 5 heteroatoms. The van der Waals surface area contributed by atoms with Crippen LogP contribution in [0.3, 0.4) is 0 Å². The van der Waals surface area contributed by atoms with E-state index in [1.807, 2.05) is 0 Å². The average Bonchev–Trinajstić information content (AvgIpc) is 2.45. The molecular formula is C15H13FN2O2. The molecule has 2 N–H and O–H groups in total.